The fourth-order valence-electron chi connectivity index (χ4n) is 1.94. The molecule has 3 nitrogen and oxygen atoms in total. The van der Waals surface area contributed by atoms with Gasteiger partial charge in [0.15, 0.2) is 6.04 Å². The summed E-state index contributed by atoms with van der Waals surface area (Å²) in [5, 5.41) is 3.78. The first-order chi connectivity index (χ1) is 10.1. The molecule has 1 unspecified atom stereocenters. The van der Waals surface area contributed by atoms with E-state index in [-0.39, 0.29) is 5.97 Å². The second-order valence-corrected chi connectivity index (χ2v) is 5.65. The van der Waals surface area contributed by atoms with Crippen molar-refractivity contribution >= 4 is 39.2 Å². The number of benzene rings is 2. The molecule has 0 aliphatic carbocycles. The van der Waals surface area contributed by atoms with E-state index in [1.807, 2.05) is 36.4 Å². The molecule has 110 valence electrons. The minimum atomic E-state index is -0.598. The van der Waals surface area contributed by atoms with Gasteiger partial charge < -0.3 is 10.1 Å². The van der Waals surface area contributed by atoms with Crippen LogP contribution in [-0.2, 0) is 9.53 Å². The van der Waals surface area contributed by atoms with Crippen LogP contribution in [0.15, 0.2) is 53.0 Å². The molecule has 1 atom stereocenters. The summed E-state index contributed by atoms with van der Waals surface area (Å²) in [7, 11) is 0. The predicted octanol–water partition coefficient (Wildman–Crippen LogP) is 4.82. The molecular weight excluding hydrogens is 354 g/mol. The van der Waals surface area contributed by atoms with Crippen molar-refractivity contribution in [3.8, 4) is 0 Å². The van der Waals surface area contributed by atoms with Crippen LogP contribution in [0.25, 0.3) is 0 Å². The van der Waals surface area contributed by atoms with Gasteiger partial charge in [0.25, 0.3) is 0 Å². The zero-order chi connectivity index (χ0) is 15.2. The van der Waals surface area contributed by atoms with Gasteiger partial charge in [0.05, 0.1) is 6.61 Å². The number of carbonyl (C=O) groups is 1. The van der Waals surface area contributed by atoms with Crippen LogP contribution >= 0.6 is 27.5 Å². The molecule has 0 radical (unpaired) electrons. The van der Waals surface area contributed by atoms with Gasteiger partial charge in [-0.25, -0.2) is 4.79 Å². The third-order valence-corrected chi connectivity index (χ3v) is 3.83. The Kier molecular flexibility index (Phi) is 5.65. The lowest BCUT2D eigenvalue weighted by Crippen LogP contribution is -2.23. The van der Waals surface area contributed by atoms with Gasteiger partial charge >= 0.3 is 5.97 Å². The molecule has 0 spiro atoms. The molecule has 2 aromatic carbocycles. The smallest absolute Gasteiger partial charge is 0.333 e. The van der Waals surface area contributed by atoms with Crippen molar-refractivity contribution < 1.29 is 9.53 Å². The number of esters is 1. The number of hydrogen-bond donors (Lipinski definition) is 1. The van der Waals surface area contributed by atoms with Crippen molar-refractivity contribution in [1.29, 1.82) is 0 Å². The summed E-state index contributed by atoms with van der Waals surface area (Å²) < 4.78 is 6.01. The SMILES string of the molecule is CCOC(=O)C(Nc1cccc(Cl)c1)c1ccccc1Br. The Morgan fingerprint density at radius 2 is 2.05 bits per heavy atom. The van der Waals surface area contributed by atoms with E-state index >= 15 is 0 Å². The Bertz CT molecular complexity index is 633. The monoisotopic (exact) mass is 367 g/mol. The van der Waals surface area contributed by atoms with Crippen LogP contribution in [0.2, 0.25) is 5.02 Å². The highest BCUT2D eigenvalue weighted by atomic mass is 79.9. The largest absolute Gasteiger partial charge is 0.464 e. The lowest BCUT2D eigenvalue weighted by Gasteiger charge is -2.20. The normalized spacial score (nSPS) is 11.8. The van der Waals surface area contributed by atoms with E-state index in [0.717, 1.165) is 15.7 Å². The summed E-state index contributed by atoms with van der Waals surface area (Å²) in [4.78, 5) is 12.2. The molecule has 0 heterocycles. The summed E-state index contributed by atoms with van der Waals surface area (Å²) in [6.45, 7) is 2.12. The fourth-order valence-corrected chi connectivity index (χ4v) is 2.65. The number of ether oxygens (including phenoxy) is 1. The standard InChI is InChI=1S/C16H15BrClNO2/c1-2-21-16(20)15(13-8-3-4-9-14(13)17)19-12-7-5-6-11(18)10-12/h3-10,15,19H,2H2,1H3. The van der Waals surface area contributed by atoms with Gasteiger partial charge in [-0.1, -0.05) is 51.8 Å². The highest BCUT2D eigenvalue weighted by Gasteiger charge is 2.23. The van der Waals surface area contributed by atoms with E-state index < -0.39 is 6.04 Å². The second kappa shape index (κ2) is 7.48. The topological polar surface area (TPSA) is 38.3 Å². The van der Waals surface area contributed by atoms with Gasteiger partial charge in [0.2, 0.25) is 0 Å². The molecule has 2 aromatic rings. The molecule has 0 saturated heterocycles. The van der Waals surface area contributed by atoms with Gasteiger partial charge in [-0.15, -0.1) is 0 Å². The average Bonchev–Trinajstić information content (AvgIpc) is 2.46. The average molecular weight is 369 g/mol. The minimum Gasteiger partial charge on any atom is -0.464 e. The highest BCUT2D eigenvalue weighted by Crippen LogP contribution is 2.28. The number of rotatable bonds is 5. The van der Waals surface area contributed by atoms with Crippen molar-refractivity contribution in [2.24, 2.45) is 0 Å². The second-order valence-electron chi connectivity index (χ2n) is 4.36. The summed E-state index contributed by atoms with van der Waals surface area (Å²) >= 11 is 9.45. The number of anilines is 1. The Hall–Kier alpha value is -1.52. The Balaban J connectivity index is 2.33. The first-order valence-electron chi connectivity index (χ1n) is 6.55. The van der Waals surface area contributed by atoms with Gasteiger partial charge in [-0.05, 0) is 36.8 Å². The van der Waals surface area contributed by atoms with Crippen LogP contribution in [0.4, 0.5) is 5.69 Å². The molecule has 5 heteroatoms. The molecule has 0 amide bonds. The van der Waals surface area contributed by atoms with Gasteiger partial charge in [-0.2, -0.15) is 0 Å². The maximum atomic E-state index is 12.2. The Morgan fingerprint density at radius 3 is 2.71 bits per heavy atom. The Labute approximate surface area is 137 Å². The summed E-state index contributed by atoms with van der Waals surface area (Å²) in [5.41, 5.74) is 1.58. The van der Waals surface area contributed by atoms with Crippen molar-refractivity contribution in [2.45, 2.75) is 13.0 Å². The summed E-state index contributed by atoms with van der Waals surface area (Å²) in [6, 6.07) is 14.2. The Morgan fingerprint density at radius 1 is 1.29 bits per heavy atom. The molecular formula is C16H15BrClNO2. The van der Waals surface area contributed by atoms with E-state index in [9.17, 15) is 4.79 Å². The molecule has 0 saturated carbocycles. The minimum absolute atomic E-state index is 0.329. The van der Waals surface area contributed by atoms with E-state index in [1.54, 1.807) is 19.1 Å². The molecule has 0 bridgehead atoms. The van der Waals surface area contributed by atoms with Crippen LogP contribution in [-0.4, -0.2) is 12.6 Å². The predicted molar refractivity (Wildman–Crippen MR) is 88.6 cm³/mol. The van der Waals surface area contributed by atoms with E-state index in [2.05, 4.69) is 21.2 Å². The summed E-state index contributed by atoms with van der Waals surface area (Å²) in [6.07, 6.45) is 0. The molecule has 0 fully saturated rings. The van der Waals surface area contributed by atoms with Gasteiger partial charge in [0, 0.05) is 15.2 Å². The molecule has 1 N–H and O–H groups in total. The molecule has 21 heavy (non-hydrogen) atoms. The van der Waals surface area contributed by atoms with Crippen LogP contribution in [0.1, 0.15) is 18.5 Å². The maximum absolute atomic E-state index is 12.2. The van der Waals surface area contributed by atoms with E-state index in [0.29, 0.717) is 11.6 Å². The van der Waals surface area contributed by atoms with Crippen molar-refractivity contribution in [2.75, 3.05) is 11.9 Å². The molecule has 0 aliphatic rings. The maximum Gasteiger partial charge on any atom is 0.333 e. The fraction of sp³-hybridized carbons (Fsp3) is 0.188. The van der Waals surface area contributed by atoms with Crippen LogP contribution in [0.3, 0.4) is 0 Å². The zero-order valence-electron chi connectivity index (χ0n) is 11.5. The first-order valence-corrected chi connectivity index (χ1v) is 7.72. The number of hydrogen-bond acceptors (Lipinski definition) is 3. The summed E-state index contributed by atoms with van der Waals surface area (Å²) in [5.74, 6) is -0.329. The van der Waals surface area contributed by atoms with Crippen molar-refractivity contribution in [1.82, 2.24) is 0 Å². The molecule has 2 rings (SSSR count). The van der Waals surface area contributed by atoms with Gasteiger partial charge in [-0.3, -0.25) is 0 Å². The van der Waals surface area contributed by atoms with Crippen molar-refractivity contribution in [3.05, 3.63) is 63.6 Å². The zero-order valence-corrected chi connectivity index (χ0v) is 13.8. The molecule has 0 aliphatic heterocycles. The lowest BCUT2D eigenvalue weighted by atomic mass is 10.1. The molecule has 0 aromatic heterocycles. The van der Waals surface area contributed by atoms with Crippen LogP contribution < -0.4 is 5.32 Å². The van der Waals surface area contributed by atoms with Crippen molar-refractivity contribution in [3.63, 3.8) is 0 Å². The third kappa shape index (κ3) is 4.22. The lowest BCUT2D eigenvalue weighted by molar-refractivity contribution is -0.144. The third-order valence-electron chi connectivity index (χ3n) is 2.87. The van der Waals surface area contributed by atoms with Crippen LogP contribution in [0, 0.1) is 0 Å². The van der Waals surface area contributed by atoms with Gasteiger partial charge in [0.1, 0.15) is 0 Å². The number of halogens is 2. The highest BCUT2D eigenvalue weighted by molar-refractivity contribution is 9.10. The van der Waals surface area contributed by atoms with Crippen LogP contribution in [0.5, 0.6) is 0 Å². The number of carbonyl (C=O) groups excluding carboxylic acids is 1. The quantitative estimate of drug-likeness (QED) is 0.769. The van der Waals surface area contributed by atoms with E-state index in [4.69, 9.17) is 16.3 Å². The van der Waals surface area contributed by atoms with E-state index in [1.165, 1.54) is 0 Å². The first kappa shape index (κ1) is 15.9. The number of nitrogens with one attached hydrogen (secondary N) is 1.